The summed E-state index contributed by atoms with van der Waals surface area (Å²) in [5.74, 6) is -2.05. The third-order valence-corrected chi connectivity index (χ3v) is 3.16. The third kappa shape index (κ3) is 3.01. The second kappa shape index (κ2) is 5.71. The van der Waals surface area contributed by atoms with Crippen LogP contribution in [-0.2, 0) is 6.61 Å². The number of ketones is 1. The van der Waals surface area contributed by atoms with Gasteiger partial charge in [-0.3, -0.25) is 4.79 Å². The molecule has 2 heterocycles. The van der Waals surface area contributed by atoms with Crippen LogP contribution in [0.5, 0.6) is 5.88 Å². The van der Waals surface area contributed by atoms with Gasteiger partial charge < -0.3 is 9.72 Å². The van der Waals surface area contributed by atoms with Crippen molar-refractivity contribution < 1.29 is 22.7 Å². The van der Waals surface area contributed by atoms with Crippen molar-refractivity contribution in [3.8, 4) is 5.88 Å². The van der Waals surface area contributed by atoms with Gasteiger partial charge in [0.1, 0.15) is 18.6 Å². The molecule has 0 fully saturated rings. The van der Waals surface area contributed by atoms with Gasteiger partial charge in [0, 0.05) is 6.20 Å². The molecular formula is C15H10F3N3O2. The second-order valence-corrected chi connectivity index (χ2v) is 4.71. The van der Waals surface area contributed by atoms with Crippen LogP contribution in [0.25, 0.3) is 11.0 Å². The van der Waals surface area contributed by atoms with Gasteiger partial charge in [-0.1, -0.05) is 30.3 Å². The summed E-state index contributed by atoms with van der Waals surface area (Å²) in [7, 11) is 0. The number of nitrogens with one attached hydrogen (secondary N) is 1. The van der Waals surface area contributed by atoms with Crippen molar-refractivity contribution in [2.24, 2.45) is 0 Å². The maximum atomic E-state index is 12.7. The van der Waals surface area contributed by atoms with Gasteiger partial charge in [0.25, 0.3) is 5.78 Å². The molecular weight excluding hydrogens is 311 g/mol. The number of carbonyl (C=O) groups excluding carboxylic acids is 1. The maximum Gasteiger partial charge on any atom is 0.454 e. The second-order valence-electron chi connectivity index (χ2n) is 4.71. The van der Waals surface area contributed by atoms with Gasteiger partial charge in [-0.25, -0.2) is 9.97 Å². The highest BCUT2D eigenvalue weighted by Crippen LogP contribution is 2.30. The molecule has 23 heavy (non-hydrogen) atoms. The van der Waals surface area contributed by atoms with Gasteiger partial charge in [-0.15, -0.1) is 0 Å². The highest BCUT2D eigenvalue weighted by Gasteiger charge is 2.41. The van der Waals surface area contributed by atoms with Crippen molar-refractivity contribution in [3.05, 3.63) is 54.0 Å². The zero-order chi connectivity index (χ0) is 16.4. The van der Waals surface area contributed by atoms with Gasteiger partial charge in [-0.05, 0) is 5.56 Å². The van der Waals surface area contributed by atoms with E-state index in [1.165, 1.54) is 0 Å². The van der Waals surface area contributed by atoms with E-state index in [4.69, 9.17) is 4.74 Å². The zero-order valence-electron chi connectivity index (χ0n) is 11.6. The lowest BCUT2D eigenvalue weighted by molar-refractivity contribution is -0.0884. The average Bonchev–Trinajstić information content (AvgIpc) is 2.96. The highest BCUT2D eigenvalue weighted by molar-refractivity contribution is 6.11. The number of Topliss-reactive ketones (excluding diaryl/α,β-unsaturated/α-hetero) is 1. The van der Waals surface area contributed by atoms with E-state index in [2.05, 4.69) is 15.0 Å². The van der Waals surface area contributed by atoms with E-state index in [0.717, 1.165) is 18.1 Å². The first-order chi connectivity index (χ1) is 11.0. The van der Waals surface area contributed by atoms with Crippen molar-refractivity contribution in [1.29, 1.82) is 0 Å². The Hall–Kier alpha value is -2.90. The molecule has 0 aliphatic rings. The number of hydrogen-bond acceptors (Lipinski definition) is 4. The summed E-state index contributed by atoms with van der Waals surface area (Å²) >= 11 is 0. The number of aromatic amines is 1. The van der Waals surface area contributed by atoms with Crippen molar-refractivity contribution in [1.82, 2.24) is 15.0 Å². The van der Waals surface area contributed by atoms with Crippen LogP contribution in [0.2, 0.25) is 0 Å². The fraction of sp³-hybridized carbons (Fsp3) is 0.133. The molecule has 3 rings (SSSR count). The summed E-state index contributed by atoms with van der Waals surface area (Å²) in [5.41, 5.74) is 0.366. The summed E-state index contributed by atoms with van der Waals surface area (Å²) in [4.78, 5) is 21.7. The number of aromatic nitrogens is 3. The number of H-pyrrole nitrogens is 1. The van der Waals surface area contributed by atoms with Crippen molar-refractivity contribution >= 4 is 16.8 Å². The maximum absolute atomic E-state index is 12.7. The van der Waals surface area contributed by atoms with Crippen LogP contribution in [-0.4, -0.2) is 26.9 Å². The number of rotatable bonds is 4. The fourth-order valence-electron chi connectivity index (χ4n) is 2.10. The Morgan fingerprint density at radius 3 is 2.61 bits per heavy atom. The van der Waals surface area contributed by atoms with Gasteiger partial charge in [0.2, 0.25) is 5.88 Å². The Labute approximate surface area is 128 Å². The first-order valence-corrected chi connectivity index (χ1v) is 6.57. The van der Waals surface area contributed by atoms with E-state index in [1.807, 2.05) is 18.2 Å². The van der Waals surface area contributed by atoms with Crippen molar-refractivity contribution in [2.45, 2.75) is 12.8 Å². The topological polar surface area (TPSA) is 67.9 Å². The van der Waals surface area contributed by atoms with Gasteiger partial charge in [0.05, 0.1) is 10.9 Å². The number of benzene rings is 1. The van der Waals surface area contributed by atoms with Crippen LogP contribution >= 0.6 is 0 Å². The van der Waals surface area contributed by atoms with E-state index in [1.54, 1.807) is 12.1 Å². The van der Waals surface area contributed by atoms with E-state index >= 15 is 0 Å². The minimum Gasteiger partial charge on any atom is -0.472 e. The number of halogens is 3. The Kier molecular flexibility index (Phi) is 3.73. The first kappa shape index (κ1) is 15.0. The van der Waals surface area contributed by atoms with E-state index in [-0.39, 0.29) is 23.5 Å². The molecule has 0 saturated heterocycles. The molecule has 0 atom stereocenters. The van der Waals surface area contributed by atoms with Gasteiger partial charge in [0.15, 0.2) is 0 Å². The Bertz CT molecular complexity index is 844. The first-order valence-electron chi connectivity index (χ1n) is 6.57. The van der Waals surface area contributed by atoms with Crippen LogP contribution in [0.4, 0.5) is 13.2 Å². The largest absolute Gasteiger partial charge is 0.472 e. The molecule has 8 heteroatoms. The predicted octanol–water partition coefficient (Wildman–Crippen LogP) is 3.28. The van der Waals surface area contributed by atoms with Crippen LogP contribution < -0.4 is 4.74 Å². The summed E-state index contributed by atoms with van der Waals surface area (Å²) in [6.07, 6.45) is -2.87. The number of nitrogens with zero attached hydrogens (tertiary/aromatic N) is 2. The number of carbonyl (C=O) groups is 1. The SMILES string of the molecule is O=C(c1c[nH]c2ncnc(OCc3ccccc3)c12)C(F)(F)F. The fourth-order valence-corrected chi connectivity index (χ4v) is 2.10. The molecule has 0 bridgehead atoms. The smallest absolute Gasteiger partial charge is 0.454 e. The monoisotopic (exact) mass is 321 g/mol. The molecule has 1 N–H and O–H groups in total. The van der Waals surface area contributed by atoms with Gasteiger partial charge in [-0.2, -0.15) is 13.2 Å². The molecule has 0 unspecified atom stereocenters. The van der Waals surface area contributed by atoms with Crippen molar-refractivity contribution in [3.63, 3.8) is 0 Å². The Morgan fingerprint density at radius 1 is 1.17 bits per heavy atom. The van der Waals surface area contributed by atoms with Crippen LogP contribution in [0, 0.1) is 0 Å². The number of alkyl halides is 3. The molecule has 2 aromatic heterocycles. The van der Waals surface area contributed by atoms with Crippen LogP contribution in [0.15, 0.2) is 42.9 Å². The molecule has 1 aromatic carbocycles. The standard InChI is InChI=1S/C15H10F3N3O2/c16-15(17,18)12(22)10-6-19-13-11(10)14(21-8-20-13)23-7-9-4-2-1-3-5-9/h1-6,8H,7H2,(H,19,20,21). The minimum absolute atomic E-state index is 0.0762. The highest BCUT2D eigenvalue weighted by atomic mass is 19.4. The normalized spacial score (nSPS) is 11.6. The molecule has 0 aliphatic carbocycles. The minimum atomic E-state index is -4.98. The van der Waals surface area contributed by atoms with Gasteiger partial charge >= 0.3 is 6.18 Å². The summed E-state index contributed by atoms with van der Waals surface area (Å²) in [6.45, 7) is 0.109. The average molecular weight is 321 g/mol. The zero-order valence-corrected chi connectivity index (χ0v) is 11.6. The van der Waals surface area contributed by atoms with E-state index < -0.39 is 17.5 Å². The van der Waals surface area contributed by atoms with Crippen LogP contribution in [0.3, 0.4) is 0 Å². The van der Waals surface area contributed by atoms with E-state index in [9.17, 15) is 18.0 Å². The Morgan fingerprint density at radius 2 is 1.91 bits per heavy atom. The summed E-state index contributed by atoms with van der Waals surface area (Å²) < 4.78 is 43.5. The number of hydrogen-bond donors (Lipinski definition) is 1. The molecule has 0 radical (unpaired) electrons. The lowest BCUT2D eigenvalue weighted by Gasteiger charge is -2.08. The third-order valence-electron chi connectivity index (χ3n) is 3.16. The molecule has 0 amide bonds. The molecule has 118 valence electrons. The molecule has 0 aliphatic heterocycles. The number of ether oxygens (including phenoxy) is 1. The summed E-state index contributed by atoms with van der Waals surface area (Å²) in [5, 5.41) is -0.0780. The predicted molar refractivity (Wildman–Crippen MR) is 75.0 cm³/mol. The lowest BCUT2D eigenvalue weighted by Crippen LogP contribution is -2.22. The number of fused-ring (bicyclic) bond motifs is 1. The van der Waals surface area contributed by atoms with E-state index in [0.29, 0.717) is 0 Å². The summed E-state index contributed by atoms with van der Waals surface area (Å²) in [6, 6.07) is 9.06. The molecule has 3 aromatic rings. The Balaban J connectivity index is 1.97. The van der Waals surface area contributed by atoms with Crippen molar-refractivity contribution in [2.75, 3.05) is 0 Å². The lowest BCUT2D eigenvalue weighted by atomic mass is 10.1. The molecule has 0 spiro atoms. The molecule has 0 saturated carbocycles. The molecule has 5 nitrogen and oxygen atoms in total. The van der Waals surface area contributed by atoms with Crippen LogP contribution in [0.1, 0.15) is 15.9 Å². The quantitative estimate of drug-likeness (QED) is 0.749.